The predicted molar refractivity (Wildman–Crippen MR) is 122 cm³/mol. The monoisotopic (exact) mass is 493 g/mol. The second-order valence-electron chi connectivity index (χ2n) is 6.79. The van der Waals surface area contributed by atoms with E-state index in [9.17, 15) is 14.4 Å². The number of halogens is 1. The molecule has 0 spiro atoms. The Morgan fingerprint density at radius 3 is 2.44 bits per heavy atom. The van der Waals surface area contributed by atoms with Gasteiger partial charge in [-0.2, -0.15) is 0 Å². The molecule has 0 unspecified atom stereocenters. The average molecular weight is 494 g/mol. The predicted octanol–water partition coefficient (Wildman–Crippen LogP) is 4.31. The molecule has 0 saturated carbocycles. The van der Waals surface area contributed by atoms with E-state index in [1.165, 1.54) is 18.2 Å². The number of primary amides is 1. The molecule has 1 aromatic heterocycles. The van der Waals surface area contributed by atoms with E-state index in [-0.39, 0.29) is 23.5 Å². The molecule has 0 aliphatic heterocycles. The Balaban J connectivity index is 1.43. The molecule has 0 saturated heterocycles. The van der Waals surface area contributed by atoms with Gasteiger partial charge in [0.15, 0.2) is 6.61 Å². The molecule has 3 aromatic carbocycles. The fourth-order valence-corrected chi connectivity index (χ4v) is 3.55. The van der Waals surface area contributed by atoms with E-state index < -0.39 is 17.5 Å². The second-order valence-corrected chi connectivity index (χ2v) is 7.64. The molecule has 4 aromatic rings. The number of benzene rings is 3. The lowest BCUT2D eigenvalue weighted by Gasteiger charge is -2.10. The van der Waals surface area contributed by atoms with Crippen molar-refractivity contribution in [2.24, 2.45) is 5.73 Å². The summed E-state index contributed by atoms with van der Waals surface area (Å²) < 4.78 is 16.6. The van der Waals surface area contributed by atoms with Gasteiger partial charge >= 0.3 is 11.6 Å². The molecule has 2 N–H and O–H groups in total. The molecule has 1 heterocycles. The lowest BCUT2D eigenvalue weighted by atomic mass is 10.1. The summed E-state index contributed by atoms with van der Waals surface area (Å²) in [5.74, 6) is -0.861. The van der Waals surface area contributed by atoms with Crippen molar-refractivity contribution in [2.45, 2.75) is 0 Å². The van der Waals surface area contributed by atoms with E-state index in [4.69, 9.17) is 19.6 Å². The summed E-state index contributed by atoms with van der Waals surface area (Å²) in [5, 5.41) is 0.469. The van der Waals surface area contributed by atoms with E-state index >= 15 is 0 Å². The van der Waals surface area contributed by atoms with Gasteiger partial charge in [0.2, 0.25) is 0 Å². The number of carbonyl (C=O) groups is 2. The number of hydrogen-bond acceptors (Lipinski definition) is 6. The Hall–Kier alpha value is -3.91. The zero-order valence-corrected chi connectivity index (χ0v) is 18.1. The Morgan fingerprint density at radius 1 is 0.938 bits per heavy atom. The van der Waals surface area contributed by atoms with Crippen LogP contribution in [0.3, 0.4) is 0 Å². The van der Waals surface area contributed by atoms with Crippen LogP contribution in [0.4, 0.5) is 0 Å². The van der Waals surface area contributed by atoms with Crippen molar-refractivity contribution in [2.75, 3.05) is 6.61 Å². The topological polar surface area (TPSA) is 109 Å². The molecule has 1 amide bonds. The molecule has 0 atom stereocenters. The second kappa shape index (κ2) is 9.07. The van der Waals surface area contributed by atoms with Crippen LogP contribution in [-0.4, -0.2) is 18.5 Å². The Bertz CT molecular complexity index is 1380. The molecule has 32 heavy (non-hydrogen) atoms. The van der Waals surface area contributed by atoms with Gasteiger partial charge < -0.3 is 19.6 Å². The van der Waals surface area contributed by atoms with Crippen LogP contribution in [0.15, 0.2) is 86.5 Å². The van der Waals surface area contributed by atoms with Crippen molar-refractivity contribution in [3.63, 3.8) is 0 Å². The van der Waals surface area contributed by atoms with E-state index in [0.29, 0.717) is 15.6 Å². The van der Waals surface area contributed by atoms with Gasteiger partial charge in [-0.15, -0.1) is 0 Å². The minimum absolute atomic E-state index is 0.158. The highest BCUT2D eigenvalue weighted by Crippen LogP contribution is 2.30. The van der Waals surface area contributed by atoms with E-state index in [0.717, 1.165) is 11.1 Å². The molecule has 0 radical (unpaired) electrons. The van der Waals surface area contributed by atoms with Crippen LogP contribution in [0, 0.1) is 0 Å². The summed E-state index contributed by atoms with van der Waals surface area (Å²) in [5.41, 5.74) is 6.26. The standard InChI is InChI=1S/C24H16BrNO6/c25-19-11-15(14-4-2-1-3-5-14)7-9-20(19)30-13-22(27)31-17-8-6-16-10-18(23(26)28)24(29)32-21(16)12-17/h1-12H,13H2,(H2,26,28). The third-order valence-corrected chi connectivity index (χ3v) is 5.21. The maximum Gasteiger partial charge on any atom is 0.349 e. The number of fused-ring (bicyclic) bond motifs is 1. The Kier molecular flexibility index (Phi) is 6.04. The van der Waals surface area contributed by atoms with Crippen molar-refractivity contribution in [3.8, 4) is 22.6 Å². The van der Waals surface area contributed by atoms with Crippen molar-refractivity contribution in [3.05, 3.63) is 93.3 Å². The molecule has 7 nitrogen and oxygen atoms in total. The van der Waals surface area contributed by atoms with E-state index in [1.807, 2.05) is 42.5 Å². The first-order chi connectivity index (χ1) is 15.4. The maximum atomic E-state index is 12.2. The molecular formula is C24H16BrNO6. The number of esters is 1. The summed E-state index contributed by atoms with van der Waals surface area (Å²) >= 11 is 3.46. The number of carbonyl (C=O) groups excluding carboxylic acids is 2. The quantitative estimate of drug-likeness (QED) is 0.243. The number of hydrogen-bond donors (Lipinski definition) is 1. The fourth-order valence-electron chi connectivity index (χ4n) is 3.05. The van der Waals surface area contributed by atoms with Crippen molar-refractivity contribution in [1.29, 1.82) is 0 Å². The van der Waals surface area contributed by atoms with Gasteiger partial charge in [-0.05, 0) is 57.4 Å². The highest BCUT2D eigenvalue weighted by Gasteiger charge is 2.13. The van der Waals surface area contributed by atoms with Crippen LogP contribution in [0.5, 0.6) is 11.5 Å². The van der Waals surface area contributed by atoms with Gasteiger partial charge in [0.1, 0.15) is 22.6 Å². The average Bonchev–Trinajstić information content (AvgIpc) is 2.78. The van der Waals surface area contributed by atoms with Crippen molar-refractivity contribution < 1.29 is 23.5 Å². The van der Waals surface area contributed by atoms with Crippen LogP contribution in [-0.2, 0) is 4.79 Å². The van der Waals surface area contributed by atoms with Gasteiger partial charge in [0.05, 0.1) is 4.47 Å². The third kappa shape index (κ3) is 4.70. The van der Waals surface area contributed by atoms with Crippen LogP contribution in [0.25, 0.3) is 22.1 Å². The van der Waals surface area contributed by atoms with Crippen molar-refractivity contribution in [1.82, 2.24) is 0 Å². The van der Waals surface area contributed by atoms with E-state index in [2.05, 4.69) is 15.9 Å². The fraction of sp³-hybridized carbons (Fsp3) is 0.0417. The van der Waals surface area contributed by atoms with Gasteiger partial charge in [0.25, 0.3) is 5.91 Å². The largest absolute Gasteiger partial charge is 0.481 e. The molecule has 0 fully saturated rings. The zero-order chi connectivity index (χ0) is 22.7. The molecule has 0 aliphatic rings. The number of amides is 1. The van der Waals surface area contributed by atoms with Crippen LogP contribution >= 0.6 is 15.9 Å². The third-order valence-electron chi connectivity index (χ3n) is 4.59. The zero-order valence-electron chi connectivity index (χ0n) is 16.5. The summed E-state index contributed by atoms with van der Waals surface area (Å²) in [6.07, 6.45) is 0. The van der Waals surface area contributed by atoms with E-state index in [1.54, 1.807) is 12.1 Å². The van der Waals surface area contributed by atoms with Gasteiger partial charge in [-0.1, -0.05) is 36.4 Å². The first-order valence-electron chi connectivity index (χ1n) is 9.47. The van der Waals surface area contributed by atoms with Gasteiger partial charge in [0, 0.05) is 11.5 Å². The Morgan fingerprint density at radius 2 is 1.72 bits per heavy atom. The molecular weight excluding hydrogens is 478 g/mol. The van der Waals surface area contributed by atoms with Crippen LogP contribution < -0.4 is 20.8 Å². The first kappa shape index (κ1) is 21.3. The van der Waals surface area contributed by atoms with Crippen LogP contribution in [0.1, 0.15) is 10.4 Å². The minimum Gasteiger partial charge on any atom is -0.481 e. The number of ether oxygens (including phenoxy) is 2. The molecule has 160 valence electrons. The summed E-state index contributed by atoms with van der Waals surface area (Å²) in [6, 6.07) is 21.2. The number of rotatable bonds is 6. The first-order valence-corrected chi connectivity index (χ1v) is 10.3. The maximum absolute atomic E-state index is 12.2. The lowest BCUT2D eigenvalue weighted by Crippen LogP contribution is -2.20. The van der Waals surface area contributed by atoms with Crippen molar-refractivity contribution >= 4 is 38.8 Å². The molecule has 4 rings (SSSR count). The molecule has 0 aliphatic carbocycles. The summed E-state index contributed by atoms with van der Waals surface area (Å²) in [7, 11) is 0. The normalized spacial score (nSPS) is 10.7. The highest BCUT2D eigenvalue weighted by atomic mass is 79.9. The highest BCUT2D eigenvalue weighted by molar-refractivity contribution is 9.10. The lowest BCUT2D eigenvalue weighted by molar-refractivity contribution is -0.136. The SMILES string of the molecule is NC(=O)c1cc2ccc(OC(=O)COc3ccc(-c4ccccc4)cc3Br)cc2oc1=O. The minimum atomic E-state index is -0.878. The smallest absolute Gasteiger partial charge is 0.349 e. The molecule has 0 bridgehead atoms. The summed E-state index contributed by atoms with van der Waals surface area (Å²) in [6.45, 7) is -0.327. The molecule has 8 heteroatoms. The van der Waals surface area contributed by atoms with Gasteiger partial charge in [-0.25, -0.2) is 9.59 Å². The summed E-state index contributed by atoms with van der Waals surface area (Å²) in [4.78, 5) is 35.3. The Labute approximate surface area is 190 Å². The van der Waals surface area contributed by atoms with Gasteiger partial charge in [-0.3, -0.25) is 4.79 Å². The number of nitrogens with two attached hydrogens (primary N) is 1. The van der Waals surface area contributed by atoms with Crippen LogP contribution in [0.2, 0.25) is 0 Å².